The highest BCUT2D eigenvalue weighted by Crippen LogP contribution is 2.18. The van der Waals surface area contributed by atoms with Gasteiger partial charge in [0.2, 0.25) is 0 Å². The van der Waals surface area contributed by atoms with E-state index in [1.54, 1.807) is 25.1 Å². The third-order valence-corrected chi connectivity index (χ3v) is 2.26. The van der Waals surface area contributed by atoms with E-state index in [1.807, 2.05) is 0 Å². The minimum absolute atomic E-state index is 0.235. The zero-order chi connectivity index (χ0) is 11.7. The molecule has 1 N–H and O–H groups in total. The average molecular weight is 241 g/mol. The van der Waals surface area contributed by atoms with Crippen molar-refractivity contribution in [1.82, 2.24) is 4.57 Å². The number of rotatable bonds is 1. The minimum atomic E-state index is -0.645. The number of hydrogen-bond acceptors (Lipinski definition) is 4. The Hall–Kier alpha value is -1.75. The number of carbonyl (C=O) groups is 1. The van der Waals surface area contributed by atoms with Crippen LogP contribution in [0.1, 0.15) is 6.92 Å². The summed E-state index contributed by atoms with van der Waals surface area (Å²) in [6, 6.07) is 4.78. The van der Waals surface area contributed by atoms with Crippen LogP contribution in [-0.4, -0.2) is 17.3 Å². The molecule has 2 aromatic rings. The molecule has 0 atom stereocenters. The molecule has 0 radical (unpaired) electrons. The smallest absolute Gasteiger partial charge is 0.422 e. The largest absolute Gasteiger partial charge is 0.449 e. The van der Waals surface area contributed by atoms with Crippen molar-refractivity contribution in [2.75, 3.05) is 6.61 Å². The first-order valence-corrected chi connectivity index (χ1v) is 5.04. The molecule has 1 aromatic carbocycles. The number of nitrogens with one attached hydrogen (secondary N) is 1. The predicted molar refractivity (Wildman–Crippen MR) is 57.5 cm³/mol. The summed E-state index contributed by atoms with van der Waals surface area (Å²) in [6.07, 6.45) is -0.645. The molecule has 0 amide bonds. The number of halogens is 1. The quantitative estimate of drug-likeness (QED) is 0.832. The van der Waals surface area contributed by atoms with Crippen molar-refractivity contribution in [2.24, 2.45) is 0 Å². The highest BCUT2D eigenvalue weighted by atomic mass is 35.5. The molecule has 5 nitrogen and oxygen atoms in total. The van der Waals surface area contributed by atoms with Gasteiger partial charge in [0, 0.05) is 5.02 Å². The molecule has 0 aliphatic carbocycles. The van der Waals surface area contributed by atoms with Crippen LogP contribution < -0.4 is 5.68 Å². The van der Waals surface area contributed by atoms with Crippen LogP contribution in [0.2, 0.25) is 5.02 Å². The van der Waals surface area contributed by atoms with E-state index in [1.165, 1.54) is 0 Å². The number of nitrogens with zero attached hydrogens (tertiary/aromatic N) is 1. The van der Waals surface area contributed by atoms with Crippen molar-refractivity contribution in [1.29, 1.82) is 5.41 Å². The van der Waals surface area contributed by atoms with Gasteiger partial charge in [-0.25, -0.2) is 4.79 Å². The maximum Gasteiger partial charge on any atom is 0.422 e. The molecule has 1 aromatic heterocycles. The van der Waals surface area contributed by atoms with Gasteiger partial charge in [-0.15, -0.1) is 0 Å². The molecule has 16 heavy (non-hydrogen) atoms. The summed E-state index contributed by atoms with van der Waals surface area (Å²) >= 11 is 5.81. The Kier molecular flexibility index (Phi) is 2.70. The van der Waals surface area contributed by atoms with E-state index < -0.39 is 6.09 Å². The van der Waals surface area contributed by atoms with Crippen molar-refractivity contribution >= 4 is 28.8 Å². The predicted octanol–water partition coefficient (Wildman–Crippen LogP) is 2.37. The zero-order valence-corrected chi connectivity index (χ0v) is 9.25. The fourth-order valence-corrected chi connectivity index (χ4v) is 1.55. The summed E-state index contributed by atoms with van der Waals surface area (Å²) in [5.41, 5.74) is 0.564. The third kappa shape index (κ3) is 1.69. The molecular weight excluding hydrogens is 232 g/mol. The Balaban J connectivity index is 2.67. The number of hydrogen-bond donors (Lipinski definition) is 1. The standard InChI is InChI=1S/C10H9ClN2O3/c1-2-15-10(14)13-7-5-6(11)3-4-8(7)16-9(13)12/h3-5,12H,2H2,1H3. The van der Waals surface area contributed by atoms with Crippen LogP contribution in [0.5, 0.6) is 0 Å². The van der Waals surface area contributed by atoms with Gasteiger partial charge in [0.05, 0.1) is 6.61 Å². The second-order valence-electron chi connectivity index (χ2n) is 3.05. The lowest BCUT2D eigenvalue weighted by atomic mass is 10.3. The first-order chi connectivity index (χ1) is 7.63. The lowest BCUT2D eigenvalue weighted by molar-refractivity contribution is 0.152. The fraction of sp³-hybridized carbons (Fsp3) is 0.200. The van der Waals surface area contributed by atoms with Crippen molar-refractivity contribution in [3.63, 3.8) is 0 Å². The molecule has 0 aliphatic rings. The normalized spacial score (nSPS) is 10.6. The molecule has 0 aliphatic heterocycles. The molecule has 0 saturated heterocycles. The van der Waals surface area contributed by atoms with Crippen LogP contribution in [-0.2, 0) is 4.74 Å². The minimum Gasteiger partial charge on any atom is -0.449 e. The van der Waals surface area contributed by atoms with E-state index >= 15 is 0 Å². The maximum absolute atomic E-state index is 11.6. The summed E-state index contributed by atoms with van der Waals surface area (Å²) in [5.74, 6) is 0. The first kappa shape index (κ1) is 10.8. The Morgan fingerprint density at radius 2 is 2.38 bits per heavy atom. The fourth-order valence-electron chi connectivity index (χ4n) is 1.38. The summed E-state index contributed by atoms with van der Waals surface area (Å²) in [5, 5.41) is 8.00. The second-order valence-corrected chi connectivity index (χ2v) is 3.49. The SMILES string of the molecule is CCOC(=O)n1c(=N)oc2ccc(Cl)cc21. The number of benzene rings is 1. The van der Waals surface area contributed by atoms with Gasteiger partial charge in [-0.05, 0) is 25.1 Å². The van der Waals surface area contributed by atoms with Crippen LogP contribution in [0, 0.1) is 5.41 Å². The second kappa shape index (κ2) is 4.02. The van der Waals surface area contributed by atoms with Crippen molar-refractivity contribution in [3.8, 4) is 0 Å². The molecule has 0 saturated carbocycles. The van der Waals surface area contributed by atoms with E-state index in [4.69, 9.17) is 26.2 Å². The highest BCUT2D eigenvalue weighted by Gasteiger charge is 2.14. The van der Waals surface area contributed by atoms with Gasteiger partial charge < -0.3 is 9.15 Å². The summed E-state index contributed by atoms with van der Waals surface area (Å²) in [7, 11) is 0. The van der Waals surface area contributed by atoms with Crippen LogP contribution in [0.3, 0.4) is 0 Å². The monoisotopic (exact) mass is 240 g/mol. The van der Waals surface area contributed by atoms with Gasteiger partial charge in [-0.2, -0.15) is 4.57 Å². The molecule has 1 heterocycles. The number of carbonyl (C=O) groups excluding carboxylic acids is 1. The Labute approximate surface area is 95.7 Å². The Morgan fingerprint density at radius 3 is 3.06 bits per heavy atom. The lowest BCUT2D eigenvalue weighted by Crippen LogP contribution is -2.24. The van der Waals surface area contributed by atoms with Crippen molar-refractivity contribution < 1.29 is 13.9 Å². The average Bonchev–Trinajstić information content (AvgIpc) is 2.53. The maximum atomic E-state index is 11.6. The van der Waals surface area contributed by atoms with E-state index in [0.29, 0.717) is 16.1 Å². The molecule has 0 fully saturated rings. The van der Waals surface area contributed by atoms with E-state index in [-0.39, 0.29) is 12.3 Å². The molecule has 6 heteroatoms. The Bertz CT molecular complexity index is 600. The topological polar surface area (TPSA) is 68.2 Å². The zero-order valence-electron chi connectivity index (χ0n) is 8.49. The molecule has 0 spiro atoms. The molecule has 2 rings (SSSR count). The van der Waals surface area contributed by atoms with Crippen LogP contribution >= 0.6 is 11.6 Å². The van der Waals surface area contributed by atoms with Gasteiger partial charge >= 0.3 is 11.8 Å². The van der Waals surface area contributed by atoms with E-state index in [2.05, 4.69) is 0 Å². The van der Waals surface area contributed by atoms with Crippen molar-refractivity contribution in [3.05, 3.63) is 28.9 Å². The number of fused-ring (bicyclic) bond motifs is 1. The van der Waals surface area contributed by atoms with Crippen LogP contribution in [0.4, 0.5) is 4.79 Å². The van der Waals surface area contributed by atoms with Gasteiger partial charge in [-0.3, -0.25) is 5.41 Å². The van der Waals surface area contributed by atoms with E-state index in [0.717, 1.165) is 4.57 Å². The van der Waals surface area contributed by atoms with Gasteiger partial charge in [0.15, 0.2) is 5.58 Å². The number of aromatic nitrogens is 1. The summed E-state index contributed by atoms with van der Waals surface area (Å²) in [6.45, 7) is 1.93. The number of oxazole rings is 1. The third-order valence-electron chi connectivity index (χ3n) is 2.02. The van der Waals surface area contributed by atoms with Crippen molar-refractivity contribution in [2.45, 2.75) is 6.92 Å². The van der Waals surface area contributed by atoms with Crippen LogP contribution in [0.15, 0.2) is 22.6 Å². The number of ether oxygens (including phenoxy) is 1. The van der Waals surface area contributed by atoms with Crippen LogP contribution in [0.25, 0.3) is 11.1 Å². The summed E-state index contributed by atoms with van der Waals surface area (Å²) in [4.78, 5) is 11.6. The lowest BCUT2D eigenvalue weighted by Gasteiger charge is -2.01. The molecule has 84 valence electrons. The Morgan fingerprint density at radius 1 is 1.62 bits per heavy atom. The molecular formula is C10H9ClN2O3. The van der Waals surface area contributed by atoms with Gasteiger partial charge in [0.25, 0.3) is 0 Å². The van der Waals surface area contributed by atoms with Gasteiger partial charge in [0.1, 0.15) is 5.52 Å². The molecule has 0 unspecified atom stereocenters. The highest BCUT2D eigenvalue weighted by molar-refractivity contribution is 6.31. The van der Waals surface area contributed by atoms with E-state index in [9.17, 15) is 4.79 Å². The first-order valence-electron chi connectivity index (χ1n) is 4.66. The molecule has 0 bridgehead atoms. The van der Waals surface area contributed by atoms with Gasteiger partial charge in [-0.1, -0.05) is 11.6 Å². The summed E-state index contributed by atoms with van der Waals surface area (Å²) < 4.78 is 10.9.